The second kappa shape index (κ2) is 6.42. The second-order valence-corrected chi connectivity index (χ2v) is 6.11. The Kier molecular flexibility index (Phi) is 4.87. The lowest BCUT2D eigenvalue weighted by molar-refractivity contribution is -0.136. The van der Waals surface area contributed by atoms with Gasteiger partial charge in [-0.25, -0.2) is 0 Å². The van der Waals surface area contributed by atoms with Crippen LogP contribution >= 0.6 is 11.6 Å². The van der Waals surface area contributed by atoms with Crippen molar-refractivity contribution in [3.8, 4) is 0 Å². The van der Waals surface area contributed by atoms with Gasteiger partial charge in [0.05, 0.1) is 0 Å². The molecule has 0 unspecified atom stereocenters. The summed E-state index contributed by atoms with van der Waals surface area (Å²) in [6.07, 6.45) is 5.71. The maximum atomic E-state index is 10.6. The summed E-state index contributed by atoms with van der Waals surface area (Å²) in [5.74, 6) is 0.656. The maximum Gasteiger partial charge on any atom is 0.303 e. The van der Waals surface area contributed by atoms with Gasteiger partial charge in [-0.05, 0) is 48.3 Å². The van der Waals surface area contributed by atoms with Gasteiger partial charge in [0.2, 0.25) is 0 Å². The van der Waals surface area contributed by atoms with Crippen LogP contribution in [0.3, 0.4) is 0 Å². The van der Waals surface area contributed by atoms with E-state index >= 15 is 0 Å². The topological polar surface area (TPSA) is 37.3 Å². The molecule has 1 aliphatic carbocycles. The molecule has 0 aliphatic heterocycles. The number of aliphatic carboxylic acids is 1. The van der Waals surface area contributed by atoms with Crippen LogP contribution in [0.1, 0.15) is 56.1 Å². The Morgan fingerprint density at radius 3 is 2.58 bits per heavy atom. The van der Waals surface area contributed by atoms with Gasteiger partial charge in [-0.15, -0.1) is 0 Å². The van der Waals surface area contributed by atoms with Crippen LogP contribution in [-0.4, -0.2) is 11.1 Å². The lowest BCUT2D eigenvalue weighted by Gasteiger charge is -2.27. The molecule has 104 valence electrons. The fourth-order valence-corrected chi connectivity index (χ4v) is 3.24. The molecule has 0 saturated heterocycles. The molecule has 0 bridgehead atoms. The normalized spacial score (nSPS) is 23.3. The monoisotopic (exact) mass is 280 g/mol. The molecule has 3 heteroatoms. The SMILES string of the molecule is CC1CCC(c2ccc(CCC(=O)O)cc2Cl)CC1. The van der Waals surface area contributed by atoms with Gasteiger partial charge < -0.3 is 5.11 Å². The first-order valence-electron chi connectivity index (χ1n) is 7.06. The molecule has 1 aromatic rings. The molecule has 1 aromatic carbocycles. The maximum absolute atomic E-state index is 10.6. The largest absolute Gasteiger partial charge is 0.481 e. The molecule has 0 atom stereocenters. The summed E-state index contributed by atoms with van der Waals surface area (Å²) >= 11 is 6.37. The number of hydrogen-bond donors (Lipinski definition) is 1. The van der Waals surface area contributed by atoms with E-state index in [0.717, 1.165) is 16.5 Å². The molecule has 1 aliphatic rings. The zero-order chi connectivity index (χ0) is 13.8. The zero-order valence-electron chi connectivity index (χ0n) is 11.4. The predicted octanol–water partition coefficient (Wildman–Crippen LogP) is 4.65. The van der Waals surface area contributed by atoms with Crippen molar-refractivity contribution in [2.24, 2.45) is 5.92 Å². The Morgan fingerprint density at radius 1 is 1.32 bits per heavy atom. The van der Waals surface area contributed by atoms with Gasteiger partial charge in [-0.3, -0.25) is 4.79 Å². The fraction of sp³-hybridized carbons (Fsp3) is 0.562. The third kappa shape index (κ3) is 3.97. The van der Waals surface area contributed by atoms with Gasteiger partial charge in [-0.2, -0.15) is 0 Å². The van der Waals surface area contributed by atoms with Gasteiger partial charge >= 0.3 is 5.97 Å². The number of carbonyl (C=O) groups is 1. The summed E-state index contributed by atoms with van der Waals surface area (Å²) in [6.45, 7) is 2.31. The standard InChI is InChI=1S/C16H21ClO2/c1-11-2-6-13(7-3-11)14-8-4-12(10-15(14)17)5-9-16(18)19/h4,8,10-11,13H,2-3,5-7,9H2,1H3,(H,18,19). The molecular formula is C16H21ClO2. The van der Waals surface area contributed by atoms with E-state index in [4.69, 9.17) is 16.7 Å². The Hall–Kier alpha value is -1.02. The Bertz CT molecular complexity index is 448. The molecule has 2 nitrogen and oxygen atoms in total. The van der Waals surface area contributed by atoms with Crippen LogP contribution in [-0.2, 0) is 11.2 Å². The highest BCUT2D eigenvalue weighted by Gasteiger charge is 2.21. The number of hydrogen-bond acceptors (Lipinski definition) is 1. The summed E-state index contributed by atoms with van der Waals surface area (Å²) < 4.78 is 0. The van der Waals surface area contributed by atoms with Crippen LogP contribution in [0.15, 0.2) is 18.2 Å². The average Bonchev–Trinajstić information content (AvgIpc) is 2.38. The molecule has 0 aromatic heterocycles. The molecule has 0 amide bonds. The van der Waals surface area contributed by atoms with E-state index in [1.54, 1.807) is 0 Å². The molecule has 0 radical (unpaired) electrons. The number of benzene rings is 1. The van der Waals surface area contributed by atoms with Crippen molar-refractivity contribution >= 4 is 17.6 Å². The Labute approximate surface area is 119 Å². The Balaban J connectivity index is 2.04. The molecule has 2 rings (SSSR count). The summed E-state index contributed by atoms with van der Waals surface area (Å²) in [4.78, 5) is 10.6. The summed E-state index contributed by atoms with van der Waals surface area (Å²) in [6, 6.07) is 6.07. The van der Waals surface area contributed by atoms with Gasteiger partial charge in [0, 0.05) is 11.4 Å². The smallest absolute Gasteiger partial charge is 0.303 e. The Morgan fingerprint density at radius 2 is 2.00 bits per heavy atom. The van der Waals surface area contributed by atoms with Crippen molar-refractivity contribution in [3.63, 3.8) is 0 Å². The van der Waals surface area contributed by atoms with Crippen LogP contribution in [0.5, 0.6) is 0 Å². The van der Waals surface area contributed by atoms with E-state index < -0.39 is 5.97 Å². The first-order valence-corrected chi connectivity index (χ1v) is 7.44. The molecule has 1 N–H and O–H groups in total. The van der Waals surface area contributed by atoms with Crippen molar-refractivity contribution in [2.75, 3.05) is 0 Å². The lowest BCUT2D eigenvalue weighted by Crippen LogP contribution is -2.11. The van der Waals surface area contributed by atoms with Gasteiger partial charge in [-0.1, -0.05) is 43.5 Å². The minimum Gasteiger partial charge on any atom is -0.481 e. The third-order valence-electron chi connectivity index (χ3n) is 4.15. The summed E-state index contributed by atoms with van der Waals surface area (Å²) in [7, 11) is 0. The lowest BCUT2D eigenvalue weighted by atomic mass is 9.79. The second-order valence-electron chi connectivity index (χ2n) is 5.71. The van der Waals surface area contributed by atoms with Crippen LogP contribution in [0, 0.1) is 5.92 Å². The van der Waals surface area contributed by atoms with E-state index in [0.29, 0.717) is 12.3 Å². The van der Waals surface area contributed by atoms with Gasteiger partial charge in [0.25, 0.3) is 0 Å². The highest BCUT2D eigenvalue weighted by atomic mass is 35.5. The number of rotatable bonds is 4. The van der Waals surface area contributed by atoms with E-state index in [2.05, 4.69) is 13.0 Å². The van der Waals surface area contributed by atoms with Crippen molar-refractivity contribution in [3.05, 3.63) is 34.3 Å². The highest BCUT2D eigenvalue weighted by Crippen LogP contribution is 2.38. The van der Waals surface area contributed by atoms with E-state index in [-0.39, 0.29) is 6.42 Å². The first-order chi connectivity index (χ1) is 9.06. The summed E-state index contributed by atoms with van der Waals surface area (Å²) in [5.41, 5.74) is 2.26. The predicted molar refractivity (Wildman–Crippen MR) is 77.8 cm³/mol. The van der Waals surface area contributed by atoms with Crippen LogP contribution in [0.25, 0.3) is 0 Å². The van der Waals surface area contributed by atoms with Crippen LogP contribution < -0.4 is 0 Å². The van der Waals surface area contributed by atoms with Crippen LogP contribution in [0.2, 0.25) is 5.02 Å². The zero-order valence-corrected chi connectivity index (χ0v) is 12.1. The number of halogens is 1. The van der Waals surface area contributed by atoms with E-state index in [1.165, 1.54) is 31.2 Å². The van der Waals surface area contributed by atoms with Crippen molar-refractivity contribution in [1.29, 1.82) is 0 Å². The molecule has 0 heterocycles. The first kappa shape index (κ1) is 14.4. The number of carboxylic acid groups (broad SMARTS) is 1. The van der Waals surface area contributed by atoms with E-state index in [9.17, 15) is 4.79 Å². The van der Waals surface area contributed by atoms with Crippen LogP contribution in [0.4, 0.5) is 0 Å². The molecular weight excluding hydrogens is 260 g/mol. The van der Waals surface area contributed by atoms with Crippen molar-refractivity contribution < 1.29 is 9.90 Å². The molecule has 19 heavy (non-hydrogen) atoms. The molecule has 1 fully saturated rings. The number of carboxylic acids is 1. The third-order valence-corrected chi connectivity index (χ3v) is 4.48. The average molecular weight is 281 g/mol. The highest BCUT2D eigenvalue weighted by molar-refractivity contribution is 6.31. The van der Waals surface area contributed by atoms with E-state index in [1.807, 2.05) is 12.1 Å². The van der Waals surface area contributed by atoms with Crippen molar-refractivity contribution in [1.82, 2.24) is 0 Å². The van der Waals surface area contributed by atoms with Gasteiger partial charge in [0.15, 0.2) is 0 Å². The van der Waals surface area contributed by atoms with Gasteiger partial charge in [0.1, 0.15) is 0 Å². The molecule has 1 saturated carbocycles. The molecule has 0 spiro atoms. The minimum atomic E-state index is -0.763. The fourth-order valence-electron chi connectivity index (χ4n) is 2.88. The minimum absolute atomic E-state index is 0.163. The number of aryl methyl sites for hydroxylation is 1. The summed E-state index contributed by atoms with van der Waals surface area (Å²) in [5, 5.41) is 9.50. The quantitative estimate of drug-likeness (QED) is 0.871. The van der Waals surface area contributed by atoms with Crippen molar-refractivity contribution in [2.45, 2.75) is 51.4 Å².